The Kier molecular flexibility index (Phi) is 3.38. The van der Waals surface area contributed by atoms with E-state index in [4.69, 9.17) is 9.84 Å². The molecule has 0 bridgehead atoms. The summed E-state index contributed by atoms with van der Waals surface area (Å²) in [5.74, 6) is -1.16. The first-order valence-electron chi connectivity index (χ1n) is 4.23. The fourth-order valence-electron chi connectivity index (χ4n) is 1.21. The molecular formula is C9H11NO5S. The van der Waals surface area contributed by atoms with Crippen LogP contribution in [0.15, 0.2) is 18.2 Å². The molecule has 16 heavy (non-hydrogen) atoms. The van der Waals surface area contributed by atoms with E-state index in [1.807, 2.05) is 0 Å². The normalized spacial score (nSPS) is 10.9. The number of hydrogen-bond donors (Lipinski definition) is 2. The zero-order valence-electron chi connectivity index (χ0n) is 8.72. The van der Waals surface area contributed by atoms with Crippen LogP contribution in [0.2, 0.25) is 0 Å². The van der Waals surface area contributed by atoms with Gasteiger partial charge < -0.3 is 9.84 Å². The van der Waals surface area contributed by atoms with Crippen LogP contribution in [0.5, 0.6) is 5.75 Å². The number of nitrogens with one attached hydrogen (secondary N) is 1. The number of methoxy groups -OCH3 is 1. The highest BCUT2D eigenvalue weighted by molar-refractivity contribution is 7.92. The third-order valence-corrected chi connectivity index (χ3v) is 2.35. The average Bonchev–Trinajstić information content (AvgIpc) is 2.14. The van der Waals surface area contributed by atoms with Crippen molar-refractivity contribution in [1.29, 1.82) is 0 Å². The predicted molar refractivity (Wildman–Crippen MR) is 58.4 cm³/mol. The molecule has 0 fully saturated rings. The van der Waals surface area contributed by atoms with Crippen LogP contribution in [0.3, 0.4) is 0 Å². The van der Waals surface area contributed by atoms with Crippen molar-refractivity contribution in [2.75, 3.05) is 18.1 Å². The third kappa shape index (κ3) is 2.86. The Balaban J connectivity index is 3.33. The van der Waals surface area contributed by atoms with Crippen molar-refractivity contribution in [3.63, 3.8) is 0 Å². The van der Waals surface area contributed by atoms with Gasteiger partial charge in [0.05, 0.1) is 19.1 Å². The molecule has 0 aliphatic carbocycles. The number of carboxylic acids is 1. The highest BCUT2D eigenvalue weighted by Crippen LogP contribution is 2.26. The summed E-state index contributed by atoms with van der Waals surface area (Å²) in [6.07, 6.45) is 0.943. The molecule has 0 heterocycles. The van der Waals surface area contributed by atoms with Gasteiger partial charge in [-0.15, -0.1) is 0 Å². The molecule has 7 heteroatoms. The fraction of sp³-hybridized carbons (Fsp3) is 0.222. The van der Waals surface area contributed by atoms with E-state index >= 15 is 0 Å². The van der Waals surface area contributed by atoms with Gasteiger partial charge in [0, 0.05) is 0 Å². The van der Waals surface area contributed by atoms with Crippen LogP contribution in [0, 0.1) is 0 Å². The maximum absolute atomic E-state index is 11.0. The molecule has 1 aromatic carbocycles. The standard InChI is InChI=1S/C9H11NO5S/c1-15-7-5-3-4-6(8(7)9(11)12)10-16(2,13)14/h3-5,10H,1-2H3,(H,11,12). The number of anilines is 1. The van der Waals surface area contributed by atoms with Gasteiger partial charge in [0.2, 0.25) is 10.0 Å². The van der Waals surface area contributed by atoms with E-state index in [0.717, 1.165) is 6.26 Å². The second-order valence-electron chi connectivity index (χ2n) is 3.06. The highest BCUT2D eigenvalue weighted by atomic mass is 32.2. The summed E-state index contributed by atoms with van der Waals surface area (Å²) < 4.78 is 29.0. The van der Waals surface area contributed by atoms with Crippen molar-refractivity contribution < 1.29 is 23.1 Å². The summed E-state index contributed by atoms with van der Waals surface area (Å²) in [6, 6.07) is 4.29. The van der Waals surface area contributed by atoms with Crippen LogP contribution in [0.25, 0.3) is 0 Å². The molecule has 0 aliphatic rings. The minimum atomic E-state index is -3.53. The predicted octanol–water partition coefficient (Wildman–Crippen LogP) is 0.765. The summed E-state index contributed by atoms with van der Waals surface area (Å²) in [6.45, 7) is 0. The number of rotatable bonds is 4. The Hall–Kier alpha value is -1.76. The van der Waals surface area contributed by atoms with Crippen LogP contribution >= 0.6 is 0 Å². The van der Waals surface area contributed by atoms with Crippen molar-refractivity contribution in [2.45, 2.75) is 0 Å². The van der Waals surface area contributed by atoms with Crippen LogP contribution in [0.4, 0.5) is 5.69 Å². The van der Waals surface area contributed by atoms with E-state index in [2.05, 4.69) is 4.72 Å². The first kappa shape index (κ1) is 12.3. The lowest BCUT2D eigenvalue weighted by Crippen LogP contribution is -2.13. The van der Waals surface area contributed by atoms with E-state index in [1.54, 1.807) is 0 Å². The molecular weight excluding hydrogens is 234 g/mol. The van der Waals surface area contributed by atoms with Crippen LogP contribution in [-0.2, 0) is 10.0 Å². The summed E-state index contributed by atoms with van der Waals surface area (Å²) in [5, 5.41) is 8.96. The Morgan fingerprint density at radius 2 is 2.06 bits per heavy atom. The number of ether oxygens (including phenoxy) is 1. The van der Waals surface area contributed by atoms with E-state index in [9.17, 15) is 13.2 Å². The van der Waals surface area contributed by atoms with Gasteiger partial charge in [-0.2, -0.15) is 0 Å². The Labute approximate surface area is 92.9 Å². The van der Waals surface area contributed by atoms with Crippen molar-refractivity contribution in [1.82, 2.24) is 0 Å². The summed E-state index contributed by atoms with van der Waals surface area (Å²) in [5.41, 5.74) is -0.232. The number of carboxylic acid groups (broad SMARTS) is 1. The summed E-state index contributed by atoms with van der Waals surface area (Å²) in [4.78, 5) is 11.0. The fourth-order valence-corrected chi connectivity index (χ4v) is 1.78. The lowest BCUT2D eigenvalue weighted by atomic mass is 10.1. The summed E-state index contributed by atoms with van der Waals surface area (Å²) >= 11 is 0. The van der Waals surface area contributed by atoms with Gasteiger partial charge in [-0.1, -0.05) is 6.07 Å². The quantitative estimate of drug-likeness (QED) is 0.817. The number of sulfonamides is 1. The number of carbonyl (C=O) groups is 1. The summed E-state index contributed by atoms with van der Waals surface area (Å²) in [7, 11) is -2.22. The maximum atomic E-state index is 11.0. The molecule has 0 unspecified atom stereocenters. The molecule has 0 aliphatic heterocycles. The van der Waals surface area contributed by atoms with E-state index in [-0.39, 0.29) is 17.0 Å². The van der Waals surface area contributed by atoms with Crippen LogP contribution < -0.4 is 9.46 Å². The maximum Gasteiger partial charge on any atom is 0.341 e. The second kappa shape index (κ2) is 4.40. The molecule has 0 radical (unpaired) electrons. The minimum absolute atomic E-state index is 0.0191. The highest BCUT2D eigenvalue weighted by Gasteiger charge is 2.18. The monoisotopic (exact) mass is 245 g/mol. The Bertz CT molecular complexity index is 509. The molecule has 0 saturated heterocycles. The molecule has 6 nitrogen and oxygen atoms in total. The first-order valence-corrected chi connectivity index (χ1v) is 6.12. The van der Waals surface area contributed by atoms with E-state index < -0.39 is 16.0 Å². The molecule has 0 atom stereocenters. The molecule has 0 saturated carbocycles. The lowest BCUT2D eigenvalue weighted by molar-refractivity contribution is 0.0694. The van der Waals surface area contributed by atoms with Crippen molar-refractivity contribution in [2.24, 2.45) is 0 Å². The first-order chi connectivity index (χ1) is 7.35. The van der Waals surface area contributed by atoms with Gasteiger partial charge in [-0.3, -0.25) is 4.72 Å². The second-order valence-corrected chi connectivity index (χ2v) is 4.81. The Morgan fingerprint density at radius 3 is 2.50 bits per heavy atom. The average molecular weight is 245 g/mol. The number of aromatic carboxylic acids is 1. The van der Waals surface area contributed by atoms with Crippen molar-refractivity contribution >= 4 is 21.7 Å². The van der Waals surface area contributed by atoms with E-state index in [1.165, 1.54) is 25.3 Å². The molecule has 1 rings (SSSR count). The molecule has 0 aromatic heterocycles. The molecule has 1 aromatic rings. The largest absolute Gasteiger partial charge is 0.496 e. The zero-order chi connectivity index (χ0) is 12.3. The van der Waals surface area contributed by atoms with Gasteiger partial charge in [0.15, 0.2) is 0 Å². The molecule has 88 valence electrons. The zero-order valence-corrected chi connectivity index (χ0v) is 9.54. The van der Waals surface area contributed by atoms with Gasteiger partial charge in [-0.05, 0) is 12.1 Å². The molecule has 0 spiro atoms. The van der Waals surface area contributed by atoms with Gasteiger partial charge in [0.25, 0.3) is 0 Å². The van der Waals surface area contributed by atoms with Crippen LogP contribution in [0.1, 0.15) is 10.4 Å². The van der Waals surface area contributed by atoms with Gasteiger partial charge >= 0.3 is 5.97 Å². The lowest BCUT2D eigenvalue weighted by Gasteiger charge is -2.10. The van der Waals surface area contributed by atoms with Crippen molar-refractivity contribution in [3.8, 4) is 5.75 Å². The van der Waals surface area contributed by atoms with E-state index in [0.29, 0.717) is 0 Å². The minimum Gasteiger partial charge on any atom is -0.496 e. The third-order valence-electron chi connectivity index (χ3n) is 1.76. The van der Waals surface area contributed by atoms with Crippen LogP contribution in [-0.4, -0.2) is 32.9 Å². The topological polar surface area (TPSA) is 92.7 Å². The number of hydrogen-bond acceptors (Lipinski definition) is 4. The SMILES string of the molecule is COc1cccc(NS(C)(=O)=O)c1C(=O)O. The molecule has 0 amide bonds. The number of benzene rings is 1. The molecule has 2 N–H and O–H groups in total. The van der Waals surface area contributed by atoms with Gasteiger partial charge in [0.1, 0.15) is 11.3 Å². The van der Waals surface area contributed by atoms with Gasteiger partial charge in [-0.25, -0.2) is 13.2 Å². The van der Waals surface area contributed by atoms with Crippen molar-refractivity contribution in [3.05, 3.63) is 23.8 Å². The smallest absolute Gasteiger partial charge is 0.341 e. The Morgan fingerprint density at radius 1 is 1.44 bits per heavy atom.